The lowest BCUT2D eigenvalue weighted by atomic mass is 9.74. The minimum absolute atomic E-state index is 0.0917. The van der Waals surface area contributed by atoms with E-state index in [-0.39, 0.29) is 5.91 Å². The first-order valence-electron chi connectivity index (χ1n) is 6.96. The average Bonchev–Trinajstić information content (AvgIpc) is 2.88. The number of hydrogen-bond donors (Lipinski definition) is 0. The van der Waals surface area contributed by atoms with E-state index in [1.807, 2.05) is 4.90 Å². The second kappa shape index (κ2) is 5.27. The van der Waals surface area contributed by atoms with E-state index in [0.717, 1.165) is 51.6 Å². The van der Waals surface area contributed by atoms with Crippen LogP contribution in [-0.2, 0) is 4.79 Å². The fourth-order valence-electron chi connectivity index (χ4n) is 3.18. The lowest BCUT2D eigenvalue weighted by Gasteiger charge is -2.33. The molecule has 0 aromatic carbocycles. The summed E-state index contributed by atoms with van der Waals surface area (Å²) in [4.78, 5) is 16.7. The molecule has 18 heavy (non-hydrogen) atoms. The maximum absolute atomic E-state index is 12.6. The molecule has 2 rings (SSSR count). The third kappa shape index (κ3) is 2.37. The molecule has 4 nitrogen and oxygen atoms in total. The van der Waals surface area contributed by atoms with E-state index in [1.165, 1.54) is 0 Å². The first-order chi connectivity index (χ1) is 8.59. The van der Waals surface area contributed by atoms with Crippen molar-refractivity contribution >= 4 is 5.91 Å². The topological polar surface area (TPSA) is 47.3 Å². The highest BCUT2D eigenvalue weighted by Gasteiger charge is 2.44. The fraction of sp³-hybridized carbons (Fsp3) is 0.857. The van der Waals surface area contributed by atoms with Crippen LogP contribution in [0, 0.1) is 16.7 Å². The Morgan fingerprint density at radius 2 is 2.00 bits per heavy atom. The molecule has 0 aromatic rings. The predicted octanol–water partition coefficient (Wildman–Crippen LogP) is 1.62. The molecule has 1 amide bonds. The van der Waals surface area contributed by atoms with Crippen LogP contribution in [0.25, 0.3) is 0 Å². The first-order valence-corrected chi connectivity index (χ1v) is 6.96. The maximum atomic E-state index is 12.6. The van der Waals surface area contributed by atoms with Crippen LogP contribution >= 0.6 is 0 Å². The number of hydrogen-bond acceptors (Lipinski definition) is 3. The van der Waals surface area contributed by atoms with Gasteiger partial charge >= 0.3 is 0 Å². The number of likely N-dealkylation sites (N-methyl/N-ethyl adjacent to an activating group) is 1. The molecule has 1 saturated heterocycles. The van der Waals surface area contributed by atoms with Crippen molar-refractivity contribution in [1.82, 2.24) is 9.80 Å². The zero-order valence-corrected chi connectivity index (χ0v) is 11.5. The van der Waals surface area contributed by atoms with E-state index >= 15 is 0 Å². The van der Waals surface area contributed by atoms with Crippen molar-refractivity contribution in [3.8, 4) is 6.07 Å². The van der Waals surface area contributed by atoms with Crippen molar-refractivity contribution in [1.29, 1.82) is 5.26 Å². The molecule has 1 atom stereocenters. The zero-order chi connectivity index (χ0) is 13.2. The van der Waals surface area contributed by atoms with Gasteiger partial charge in [-0.3, -0.25) is 4.79 Å². The van der Waals surface area contributed by atoms with Crippen molar-refractivity contribution in [2.75, 3.05) is 27.2 Å². The summed E-state index contributed by atoms with van der Waals surface area (Å²) in [5, 5.41) is 9.44. The van der Waals surface area contributed by atoms with E-state index in [2.05, 4.69) is 25.1 Å². The number of likely N-dealkylation sites (tertiary alicyclic amines) is 1. The molecule has 0 bridgehead atoms. The third-order valence-corrected chi connectivity index (χ3v) is 4.51. The zero-order valence-electron chi connectivity index (χ0n) is 11.5. The van der Waals surface area contributed by atoms with Crippen LogP contribution in [0.15, 0.2) is 0 Å². The summed E-state index contributed by atoms with van der Waals surface area (Å²) < 4.78 is 0. The molecule has 0 spiro atoms. The van der Waals surface area contributed by atoms with Crippen LogP contribution in [0.4, 0.5) is 0 Å². The van der Waals surface area contributed by atoms with Gasteiger partial charge in [-0.1, -0.05) is 19.3 Å². The van der Waals surface area contributed by atoms with Gasteiger partial charge in [0.1, 0.15) is 5.41 Å². The van der Waals surface area contributed by atoms with Crippen LogP contribution in [0.2, 0.25) is 0 Å². The van der Waals surface area contributed by atoms with Crippen molar-refractivity contribution < 1.29 is 4.79 Å². The Hall–Kier alpha value is -1.08. The van der Waals surface area contributed by atoms with Gasteiger partial charge in [0, 0.05) is 19.1 Å². The highest BCUT2D eigenvalue weighted by molar-refractivity contribution is 5.85. The summed E-state index contributed by atoms with van der Waals surface area (Å²) in [6, 6.07) is 2.79. The second-order valence-corrected chi connectivity index (χ2v) is 5.91. The van der Waals surface area contributed by atoms with Gasteiger partial charge in [-0.2, -0.15) is 5.26 Å². The van der Waals surface area contributed by atoms with E-state index < -0.39 is 5.41 Å². The summed E-state index contributed by atoms with van der Waals surface area (Å²) in [7, 11) is 4.11. The molecule has 0 radical (unpaired) electrons. The smallest absolute Gasteiger partial charge is 0.243 e. The minimum atomic E-state index is -0.709. The van der Waals surface area contributed by atoms with Gasteiger partial charge in [0.2, 0.25) is 5.91 Å². The van der Waals surface area contributed by atoms with Crippen molar-refractivity contribution in [3.63, 3.8) is 0 Å². The Morgan fingerprint density at radius 3 is 2.50 bits per heavy atom. The average molecular weight is 249 g/mol. The molecule has 0 N–H and O–H groups in total. The normalized spacial score (nSPS) is 27.2. The largest absolute Gasteiger partial charge is 0.340 e. The second-order valence-electron chi connectivity index (χ2n) is 5.91. The number of carbonyl (C=O) groups excluding carboxylic acids is 1. The number of carbonyl (C=O) groups is 1. The molecule has 2 aliphatic rings. The number of rotatable bonds is 2. The Balaban J connectivity index is 2.05. The SMILES string of the molecule is CN(C)C1CCN(C(=O)C2(C#N)CCCCC2)C1. The monoisotopic (exact) mass is 249 g/mol. The molecule has 0 aromatic heterocycles. The predicted molar refractivity (Wildman–Crippen MR) is 69.8 cm³/mol. The van der Waals surface area contributed by atoms with Crippen molar-refractivity contribution in [2.45, 2.75) is 44.6 Å². The highest BCUT2D eigenvalue weighted by atomic mass is 16.2. The van der Waals surface area contributed by atoms with Crippen LogP contribution in [0.3, 0.4) is 0 Å². The summed E-state index contributed by atoms with van der Waals surface area (Å²) >= 11 is 0. The van der Waals surface area contributed by atoms with Gasteiger partial charge in [-0.25, -0.2) is 0 Å². The fourth-order valence-corrected chi connectivity index (χ4v) is 3.18. The maximum Gasteiger partial charge on any atom is 0.243 e. The molecular weight excluding hydrogens is 226 g/mol. The molecule has 1 saturated carbocycles. The van der Waals surface area contributed by atoms with Crippen LogP contribution in [0.5, 0.6) is 0 Å². The summed E-state index contributed by atoms with van der Waals surface area (Å²) in [5.41, 5.74) is -0.709. The van der Waals surface area contributed by atoms with E-state index in [1.54, 1.807) is 0 Å². The summed E-state index contributed by atoms with van der Waals surface area (Å²) in [6.07, 6.45) is 5.74. The van der Waals surface area contributed by atoms with Crippen molar-refractivity contribution in [2.24, 2.45) is 5.41 Å². The molecular formula is C14H23N3O. The third-order valence-electron chi connectivity index (χ3n) is 4.51. The Bertz CT molecular complexity index is 353. The van der Waals surface area contributed by atoms with Gasteiger partial charge < -0.3 is 9.80 Å². The summed E-state index contributed by atoms with van der Waals surface area (Å²) in [5.74, 6) is 0.0917. The molecule has 100 valence electrons. The van der Waals surface area contributed by atoms with Gasteiger partial charge in [0.15, 0.2) is 0 Å². The molecule has 4 heteroatoms. The lowest BCUT2D eigenvalue weighted by Crippen LogP contribution is -2.44. The minimum Gasteiger partial charge on any atom is -0.340 e. The quantitative estimate of drug-likeness (QED) is 0.747. The highest BCUT2D eigenvalue weighted by Crippen LogP contribution is 2.38. The van der Waals surface area contributed by atoms with Gasteiger partial charge in [-0.05, 0) is 33.4 Å². The van der Waals surface area contributed by atoms with Gasteiger partial charge in [-0.15, -0.1) is 0 Å². The number of nitriles is 1. The standard InChI is InChI=1S/C14H23N3O/c1-16(2)12-6-9-17(10-12)13(18)14(11-15)7-4-3-5-8-14/h12H,3-10H2,1-2H3. The van der Waals surface area contributed by atoms with Crippen LogP contribution in [0.1, 0.15) is 38.5 Å². The summed E-state index contributed by atoms with van der Waals surface area (Å²) in [6.45, 7) is 1.60. The van der Waals surface area contributed by atoms with Crippen molar-refractivity contribution in [3.05, 3.63) is 0 Å². The lowest BCUT2D eigenvalue weighted by molar-refractivity contribution is -0.139. The molecule has 1 aliphatic heterocycles. The van der Waals surface area contributed by atoms with Gasteiger partial charge in [0.25, 0.3) is 0 Å². The Morgan fingerprint density at radius 1 is 1.33 bits per heavy atom. The van der Waals surface area contributed by atoms with E-state index in [4.69, 9.17) is 0 Å². The van der Waals surface area contributed by atoms with Gasteiger partial charge in [0.05, 0.1) is 6.07 Å². The van der Waals surface area contributed by atoms with Crippen LogP contribution in [-0.4, -0.2) is 48.9 Å². The Kier molecular flexibility index (Phi) is 3.91. The van der Waals surface area contributed by atoms with E-state index in [0.29, 0.717) is 6.04 Å². The molecule has 1 heterocycles. The molecule has 1 aliphatic carbocycles. The van der Waals surface area contributed by atoms with Crippen LogP contribution < -0.4 is 0 Å². The molecule has 1 unspecified atom stereocenters. The number of amides is 1. The Labute approximate surface area is 110 Å². The first kappa shape index (κ1) is 13.4. The molecule has 2 fully saturated rings. The number of nitrogens with zero attached hydrogens (tertiary/aromatic N) is 3. The van der Waals surface area contributed by atoms with E-state index in [9.17, 15) is 10.1 Å².